The van der Waals surface area contributed by atoms with Crippen molar-refractivity contribution in [2.75, 3.05) is 14.2 Å². The van der Waals surface area contributed by atoms with Crippen LogP contribution in [-0.4, -0.2) is 58.1 Å². The summed E-state index contributed by atoms with van der Waals surface area (Å²) in [7, 11) is 3.03. The summed E-state index contributed by atoms with van der Waals surface area (Å²) >= 11 is 5.84. The van der Waals surface area contributed by atoms with E-state index < -0.39 is 12.1 Å². The zero-order chi connectivity index (χ0) is 25.7. The molecule has 0 bridgehead atoms. The number of aliphatic hydroxyl groups excluding tert-OH is 1. The number of rotatable bonds is 8. The molecule has 2 N–H and O–H groups in total. The molecule has 1 amide bonds. The van der Waals surface area contributed by atoms with Crippen LogP contribution in [0.5, 0.6) is 0 Å². The maximum Gasteiger partial charge on any atom is 0.339 e. The Kier molecular flexibility index (Phi) is 8.30. The third-order valence-corrected chi connectivity index (χ3v) is 6.64. The van der Waals surface area contributed by atoms with E-state index in [1.807, 2.05) is 24.3 Å². The zero-order valence-corrected chi connectivity index (χ0v) is 21.0. The van der Waals surface area contributed by atoms with Gasteiger partial charge in [-0.3, -0.25) is 9.78 Å². The fourth-order valence-corrected chi connectivity index (χ4v) is 4.60. The van der Waals surface area contributed by atoms with E-state index >= 15 is 0 Å². The first-order valence-corrected chi connectivity index (χ1v) is 12.1. The Morgan fingerprint density at radius 3 is 2.58 bits per heavy atom. The monoisotopic (exact) mass is 508 g/mol. The van der Waals surface area contributed by atoms with Gasteiger partial charge in [0.05, 0.1) is 18.8 Å². The highest BCUT2D eigenvalue weighted by Crippen LogP contribution is 2.27. The van der Waals surface area contributed by atoms with E-state index in [1.165, 1.54) is 13.3 Å². The number of hydrogen-bond donors (Lipinski definition) is 2. The molecule has 0 spiro atoms. The summed E-state index contributed by atoms with van der Waals surface area (Å²) in [4.78, 5) is 34.3. The molecule has 188 valence electrons. The number of ether oxygens (including phenoxy) is 1. The van der Waals surface area contributed by atoms with Gasteiger partial charge in [0.1, 0.15) is 5.15 Å². The lowest BCUT2D eigenvalue weighted by Gasteiger charge is -2.20. The molecule has 3 aromatic rings. The van der Waals surface area contributed by atoms with Crippen LogP contribution in [0.4, 0.5) is 0 Å². The number of nitrogens with zero attached hydrogens (tertiary/aromatic N) is 3. The summed E-state index contributed by atoms with van der Waals surface area (Å²) in [5.74, 6) is -0.586. The standard InChI is InChI=1S/C27H29ClN4O4/c1-32(16-18-11-21(14-29-13-18)27(35)36-2)26(34)19-5-3-17(4-6-19)12-22-8-9-23(31-22)25(33)20-7-10-24(28)30-15-20/h3-7,10-11,13-15,22-23,25,31,33H,8-9,12,16H2,1-2H3. The van der Waals surface area contributed by atoms with E-state index in [-0.39, 0.29) is 18.0 Å². The number of aliphatic hydroxyl groups is 1. The van der Waals surface area contributed by atoms with E-state index in [0.717, 1.165) is 36.0 Å². The van der Waals surface area contributed by atoms with E-state index in [9.17, 15) is 14.7 Å². The lowest BCUT2D eigenvalue weighted by atomic mass is 10.0. The minimum Gasteiger partial charge on any atom is -0.465 e. The maximum absolute atomic E-state index is 12.9. The molecule has 36 heavy (non-hydrogen) atoms. The van der Waals surface area contributed by atoms with Gasteiger partial charge in [-0.05, 0) is 54.7 Å². The zero-order valence-electron chi connectivity index (χ0n) is 20.2. The fourth-order valence-electron chi connectivity index (χ4n) is 4.49. The number of carbonyl (C=O) groups excluding carboxylic acids is 2. The number of halogens is 1. The van der Waals surface area contributed by atoms with Gasteiger partial charge in [0.25, 0.3) is 5.91 Å². The first-order chi connectivity index (χ1) is 17.3. The number of esters is 1. The Hall–Kier alpha value is -3.33. The molecule has 8 nitrogen and oxygen atoms in total. The van der Waals surface area contributed by atoms with Crippen LogP contribution >= 0.6 is 11.6 Å². The molecule has 3 atom stereocenters. The Morgan fingerprint density at radius 1 is 1.11 bits per heavy atom. The summed E-state index contributed by atoms with van der Waals surface area (Å²) in [6.07, 6.45) is 6.65. The number of hydrogen-bond acceptors (Lipinski definition) is 7. The number of benzene rings is 1. The van der Waals surface area contributed by atoms with Gasteiger partial charge in [0.15, 0.2) is 0 Å². The second-order valence-electron chi connectivity index (χ2n) is 9.04. The average Bonchev–Trinajstić information content (AvgIpc) is 3.36. The van der Waals surface area contributed by atoms with Crippen molar-refractivity contribution < 1.29 is 19.4 Å². The van der Waals surface area contributed by atoms with Crippen molar-refractivity contribution in [1.82, 2.24) is 20.2 Å². The number of amides is 1. The molecule has 3 unspecified atom stereocenters. The molecule has 1 saturated heterocycles. The Morgan fingerprint density at radius 2 is 1.89 bits per heavy atom. The number of carbonyl (C=O) groups is 2. The van der Waals surface area contributed by atoms with Crippen LogP contribution in [0, 0.1) is 0 Å². The van der Waals surface area contributed by atoms with Gasteiger partial charge >= 0.3 is 5.97 Å². The van der Waals surface area contributed by atoms with Crippen LogP contribution in [0.2, 0.25) is 5.15 Å². The summed E-state index contributed by atoms with van der Waals surface area (Å²) < 4.78 is 4.73. The highest BCUT2D eigenvalue weighted by atomic mass is 35.5. The lowest BCUT2D eigenvalue weighted by Crippen LogP contribution is -2.35. The number of pyridine rings is 2. The third-order valence-electron chi connectivity index (χ3n) is 6.41. The lowest BCUT2D eigenvalue weighted by molar-refractivity contribution is 0.0600. The fraction of sp³-hybridized carbons (Fsp3) is 0.333. The average molecular weight is 509 g/mol. The first kappa shape index (κ1) is 25.8. The minimum atomic E-state index is -0.640. The van der Waals surface area contributed by atoms with E-state index in [1.54, 1.807) is 42.5 Å². The van der Waals surface area contributed by atoms with Gasteiger partial charge in [-0.1, -0.05) is 29.8 Å². The van der Waals surface area contributed by atoms with Crippen molar-refractivity contribution in [1.29, 1.82) is 0 Å². The van der Waals surface area contributed by atoms with Gasteiger partial charge in [-0.2, -0.15) is 0 Å². The number of aromatic nitrogens is 2. The Labute approximate surface area is 215 Å². The largest absolute Gasteiger partial charge is 0.465 e. The van der Waals surface area contributed by atoms with E-state index in [2.05, 4.69) is 15.3 Å². The molecule has 1 aliphatic heterocycles. The van der Waals surface area contributed by atoms with Crippen molar-refractivity contribution in [3.63, 3.8) is 0 Å². The van der Waals surface area contributed by atoms with Crippen LogP contribution in [0.25, 0.3) is 0 Å². The number of methoxy groups -OCH3 is 1. The van der Waals surface area contributed by atoms with E-state index in [0.29, 0.717) is 22.8 Å². The summed E-state index contributed by atoms with van der Waals surface area (Å²) in [5.41, 5.74) is 3.53. The molecule has 0 saturated carbocycles. The summed E-state index contributed by atoms with van der Waals surface area (Å²) in [5, 5.41) is 14.6. The predicted molar refractivity (Wildman–Crippen MR) is 136 cm³/mol. The first-order valence-electron chi connectivity index (χ1n) is 11.8. The van der Waals surface area contributed by atoms with Gasteiger partial charge < -0.3 is 20.1 Å². The minimum absolute atomic E-state index is 0.0420. The summed E-state index contributed by atoms with van der Waals surface area (Å²) in [6.45, 7) is 0.317. The van der Waals surface area contributed by atoms with Crippen molar-refractivity contribution in [3.8, 4) is 0 Å². The van der Waals surface area contributed by atoms with E-state index in [4.69, 9.17) is 16.3 Å². The second-order valence-corrected chi connectivity index (χ2v) is 9.43. The van der Waals surface area contributed by atoms with Gasteiger partial charge in [0.2, 0.25) is 0 Å². The molecule has 9 heteroatoms. The normalized spacial score (nSPS) is 18.0. The highest BCUT2D eigenvalue weighted by Gasteiger charge is 2.30. The molecule has 2 aromatic heterocycles. The molecule has 3 heterocycles. The van der Waals surface area contributed by atoms with Crippen LogP contribution in [0.15, 0.2) is 61.1 Å². The molecule has 4 rings (SSSR count). The van der Waals surface area contributed by atoms with Crippen molar-refractivity contribution in [3.05, 3.63) is 94.0 Å². The molecule has 1 fully saturated rings. The van der Waals surface area contributed by atoms with Crippen LogP contribution < -0.4 is 5.32 Å². The Balaban J connectivity index is 1.31. The second kappa shape index (κ2) is 11.6. The van der Waals surface area contributed by atoms with Gasteiger partial charge in [-0.25, -0.2) is 9.78 Å². The Bertz CT molecular complexity index is 1200. The molecule has 0 radical (unpaired) electrons. The molecular formula is C27H29ClN4O4. The van der Waals surface area contributed by atoms with Crippen LogP contribution in [0.3, 0.4) is 0 Å². The highest BCUT2D eigenvalue weighted by molar-refractivity contribution is 6.29. The predicted octanol–water partition coefficient (Wildman–Crippen LogP) is 3.59. The summed E-state index contributed by atoms with van der Waals surface area (Å²) in [6, 6.07) is 13.0. The molecular weight excluding hydrogens is 480 g/mol. The van der Waals surface area contributed by atoms with Gasteiger partial charge in [0, 0.05) is 55.4 Å². The number of nitrogens with one attached hydrogen (secondary N) is 1. The topological polar surface area (TPSA) is 105 Å². The molecule has 1 aromatic carbocycles. The third kappa shape index (κ3) is 6.26. The van der Waals surface area contributed by atoms with Gasteiger partial charge in [-0.15, -0.1) is 0 Å². The quantitative estimate of drug-likeness (QED) is 0.354. The van der Waals surface area contributed by atoms with Crippen LogP contribution in [0.1, 0.15) is 56.4 Å². The molecule has 1 aliphatic rings. The molecule has 0 aliphatic carbocycles. The van der Waals surface area contributed by atoms with Crippen LogP contribution in [-0.2, 0) is 17.7 Å². The van der Waals surface area contributed by atoms with Crippen molar-refractivity contribution in [2.45, 2.75) is 44.0 Å². The van der Waals surface area contributed by atoms with Crippen molar-refractivity contribution >= 4 is 23.5 Å². The maximum atomic E-state index is 12.9. The smallest absolute Gasteiger partial charge is 0.339 e. The van der Waals surface area contributed by atoms with Crippen molar-refractivity contribution in [2.24, 2.45) is 0 Å². The SMILES string of the molecule is COC(=O)c1cncc(CN(C)C(=O)c2ccc(CC3CCC(C(O)c4ccc(Cl)nc4)N3)cc2)c1.